The van der Waals surface area contributed by atoms with Crippen molar-refractivity contribution < 1.29 is 9.18 Å². The average molecular weight is 249 g/mol. The van der Waals surface area contributed by atoms with Crippen molar-refractivity contribution in [1.29, 1.82) is 0 Å². The second kappa shape index (κ2) is 4.65. The lowest BCUT2D eigenvalue weighted by atomic mass is 9.94. The molecule has 2 saturated heterocycles. The molecule has 2 fully saturated rings. The van der Waals surface area contributed by atoms with Crippen LogP contribution in [-0.4, -0.2) is 41.5 Å². The van der Waals surface area contributed by atoms with Gasteiger partial charge in [-0.3, -0.25) is 9.78 Å². The summed E-state index contributed by atoms with van der Waals surface area (Å²) in [6.45, 7) is 2.53. The second-order valence-electron chi connectivity index (χ2n) is 5.06. The van der Waals surface area contributed by atoms with E-state index in [0.717, 1.165) is 25.8 Å². The van der Waals surface area contributed by atoms with E-state index in [2.05, 4.69) is 10.3 Å². The Kier molecular flexibility index (Phi) is 2.99. The zero-order valence-electron chi connectivity index (χ0n) is 10.1. The zero-order chi connectivity index (χ0) is 12.5. The molecule has 0 unspecified atom stereocenters. The highest BCUT2D eigenvalue weighted by Crippen LogP contribution is 2.25. The van der Waals surface area contributed by atoms with Gasteiger partial charge in [0, 0.05) is 25.3 Å². The van der Waals surface area contributed by atoms with Crippen LogP contribution in [0.2, 0.25) is 0 Å². The zero-order valence-corrected chi connectivity index (χ0v) is 10.1. The number of halogens is 1. The first-order chi connectivity index (χ1) is 8.74. The first-order valence-corrected chi connectivity index (χ1v) is 6.37. The quantitative estimate of drug-likeness (QED) is 0.809. The topological polar surface area (TPSA) is 45.2 Å². The first-order valence-electron chi connectivity index (χ1n) is 6.37. The van der Waals surface area contributed by atoms with Gasteiger partial charge in [0.05, 0.1) is 11.8 Å². The molecule has 3 heterocycles. The third kappa shape index (κ3) is 2.10. The number of fused-ring (bicyclic) bond motifs is 1. The monoisotopic (exact) mass is 249 g/mol. The van der Waals surface area contributed by atoms with Crippen molar-refractivity contribution >= 4 is 5.91 Å². The molecule has 96 valence electrons. The molecule has 2 aliphatic rings. The Morgan fingerprint density at radius 3 is 3.11 bits per heavy atom. The summed E-state index contributed by atoms with van der Waals surface area (Å²) in [5, 5.41) is 3.45. The molecule has 2 atom stereocenters. The van der Waals surface area contributed by atoms with Gasteiger partial charge < -0.3 is 10.2 Å². The van der Waals surface area contributed by atoms with E-state index < -0.39 is 5.82 Å². The third-order valence-corrected chi connectivity index (χ3v) is 3.84. The normalized spacial score (nSPS) is 27.1. The summed E-state index contributed by atoms with van der Waals surface area (Å²) in [5.41, 5.74) is 0.341. The maximum Gasteiger partial charge on any atom is 0.255 e. The van der Waals surface area contributed by atoms with E-state index in [-0.39, 0.29) is 5.91 Å². The molecule has 5 heteroatoms. The molecule has 0 radical (unpaired) electrons. The highest BCUT2D eigenvalue weighted by molar-refractivity contribution is 5.94. The molecular formula is C13H16FN3O. The largest absolute Gasteiger partial charge is 0.337 e. The van der Waals surface area contributed by atoms with Crippen molar-refractivity contribution in [3.8, 4) is 0 Å². The summed E-state index contributed by atoms with van der Waals surface area (Å²) in [6, 6.07) is 1.66. The number of aromatic nitrogens is 1. The molecule has 0 aliphatic carbocycles. The van der Waals surface area contributed by atoms with E-state index >= 15 is 0 Å². The van der Waals surface area contributed by atoms with Gasteiger partial charge in [-0.1, -0.05) is 0 Å². The molecule has 3 rings (SSSR count). The lowest BCUT2D eigenvalue weighted by Crippen LogP contribution is -2.41. The van der Waals surface area contributed by atoms with Gasteiger partial charge in [-0.25, -0.2) is 4.39 Å². The van der Waals surface area contributed by atoms with Crippen molar-refractivity contribution in [2.45, 2.75) is 18.9 Å². The van der Waals surface area contributed by atoms with Crippen LogP contribution in [0.4, 0.5) is 4.39 Å². The Hall–Kier alpha value is -1.49. The molecule has 0 aromatic carbocycles. The van der Waals surface area contributed by atoms with Crippen LogP contribution in [0.3, 0.4) is 0 Å². The number of hydrogen-bond acceptors (Lipinski definition) is 3. The summed E-state index contributed by atoms with van der Waals surface area (Å²) in [5.74, 6) is -0.0296. The SMILES string of the molecule is O=C(c1cncc(F)c1)N1C[C@@H]2CCCN[C@@H]2C1. The molecule has 1 N–H and O–H groups in total. The molecule has 0 saturated carbocycles. The number of rotatable bonds is 1. The van der Waals surface area contributed by atoms with E-state index in [1.807, 2.05) is 4.90 Å². The van der Waals surface area contributed by atoms with E-state index in [0.29, 0.717) is 17.5 Å². The van der Waals surface area contributed by atoms with Crippen LogP contribution in [0, 0.1) is 11.7 Å². The predicted molar refractivity (Wildman–Crippen MR) is 64.6 cm³/mol. The summed E-state index contributed by atoms with van der Waals surface area (Å²) >= 11 is 0. The number of amides is 1. The van der Waals surface area contributed by atoms with Crippen LogP contribution in [0.5, 0.6) is 0 Å². The smallest absolute Gasteiger partial charge is 0.255 e. The Labute approximate surface area is 105 Å². The molecule has 4 nitrogen and oxygen atoms in total. The van der Waals surface area contributed by atoms with Crippen molar-refractivity contribution in [3.63, 3.8) is 0 Å². The highest BCUT2D eigenvalue weighted by Gasteiger charge is 2.36. The van der Waals surface area contributed by atoms with Gasteiger partial charge in [0.25, 0.3) is 5.91 Å². The Morgan fingerprint density at radius 2 is 2.33 bits per heavy atom. The van der Waals surface area contributed by atoms with Gasteiger partial charge in [-0.05, 0) is 31.4 Å². The van der Waals surface area contributed by atoms with Crippen LogP contribution in [0.1, 0.15) is 23.2 Å². The highest BCUT2D eigenvalue weighted by atomic mass is 19.1. The number of likely N-dealkylation sites (tertiary alicyclic amines) is 1. The van der Waals surface area contributed by atoms with Gasteiger partial charge in [0.15, 0.2) is 0 Å². The number of nitrogens with zero attached hydrogens (tertiary/aromatic N) is 2. The fourth-order valence-corrected chi connectivity index (χ4v) is 2.92. The van der Waals surface area contributed by atoms with Crippen LogP contribution in [-0.2, 0) is 0 Å². The Balaban J connectivity index is 1.74. The number of carbonyl (C=O) groups is 1. The molecule has 1 amide bonds. The van der Waals surface area contributed by atoms with Crippen LogP contribution < -0.4 is 5.32 Å². The standard InChI is InChI=1S/C13H16FN3O/c14-11-4-10(5-15-6-11)13(18)17-7-9-2-1-3-16-12(9)8-17/h4-6,9,12,16H,1-3,7-8H2/t9-,12+/m0/s1. The average Bonchev–Trinajstić information content (AvgIpc) is 2.81. The van der Waals surface area contributed by atoms with E-state index in [1.165, 1.54) is 25.1 Å². The fraction of sp³-hybridized carbons (Fsp3) is 0.538. The maximum atomic E-state index is 13.1. The van der Waals surface area contributed by atoms with Crippen molar-refractivity contribution in [1.82, 2.24) is 15.2 Å². The summed E-state index contributed by atoms with van der Waals surface area (Å²) in [6.07, 6.45) is 4.89. The molecule has 0 spiro atoms. The van der Waals surface area contributed by atoms with Gasteiger partial charge in [0.2, 0.25) is 0 Å². The molecule has 18 heavy (non-hydrogen) atoms. The number of piperidine rings is 1. The van der Waals surface area contributed by atoms with Gasteiger partial charge in [-0.2, -0.15) is 0 Å². The predicted octanol–water partition coefficient (Wildman–Crippen LogP) is 1.04. The number of pyridine rings is 1. The molecule has 0 bridgehead atoms. The molecule has 1 aromatic rings. The van der Waals surface area contributed by atoms with Gasteiger partial charge in [-0.15, -0.1) is 0 Å². The Bertz CT molecular complexity index is 451. The lowest BCUT2D eigenvalue weighted by molar-refractivity contribution is 0.0784. The number of nitrogens with one attached hydrogen (secondary N) is 1. The van der Waals surface area contributed by atoms with E-state index in [1.54, 1.807) is 0 Å². The van der Waals surface area contributed by atoms with Crippen molar-refractivity contribution in [2.75, 3.05) is 19.6 Å². The number of hydrogen-bond donors (Lipinski definition) is 1. The minimum atomic E-state index is -0.462. The maximum absolute atomic E-state index is 13.1. The van der Waals surface area contributed by atoms with Gasteiger partial charge in [0.1, 0.15) is 5.82 Å². The van der Waals surface area contributed by atoms with Crippen molar-refractivity contribution in [3.05, 3.63) is 29.8 Å². The van der Waals surface area contributed by atoms with Gasteiger partial charge >= 0.3 is 0 Å². The summed E-state index contributed by atoms with van der Waals surface area (Å²) < 4.78 is 13.1. The minimum absolute atomic E-state index is 0.113. The minimum Gasteiger partial charge on any atom is -0.337 e. The Morgan fingerprint density at radius 1 is 1.44 bits per heavy atom. The first kappa shape index (κ1) is 11.6. The van der Waals surface area contributed by atoms with E-state index in [4.69, 9.17) is 0 Å². The van der Waals surface area contributed by atoms with Crippen LogP contribution in [0.25, 0.3) is 0 Å². The number of carbonyl (C=O) groups excluding carboxylic acids is 1. The van der Waals surface area contributed by atoms with Crippen LogP contribution >= 0.6 is 0 Å². The third-order valence-electron chi connectivity index (χ3n) is 3.84. The summed E-state index contributed by atoms with van der Waals surface area (Å²) in [4.78, 5) is 17.8. The molecule has 2 aliphatic heterocycles. The second-order valence-corrected chi connectivity index (χ2v) is 5.06. The van der Waals surface area contributed by atoms with E-state index in [9.17, 15) is 9.18 Å². The lowest BCUT2D eigenvalue weighted by Gasteiger charge is -2.24. The summed E-state index contributed by atoms with van der Waals surface area (Å²) in [7, 11) is 0. The molecular weight excluding hydrogens is 233 g/mol. The van der Waals surface area contributed by atoms with Crippen LogP contribution in [0.15, 0.2) is 18.5 Å². The fourth-order valence-electron chi connectivity index (χ4n) is 2.92. The molecule has 1 aromatic heterocycles. The van der Waals surface area contributed by atoms with Crippen molar-refractivity contribution in [2.24, 2.45) is 5.92 Å².